The van der Waals surface area contributed by atoms with E-state index in [-0.39, 0.29) is 27.8 Å². The zero-order valence-electron chi connectivity index (χ0n) is 15.5. The van der Waals surface area contributed by atoms with Crippen LogP contribution in [0.2, 0.25) is 5.28 Å². The maximum Gasteiger partial charge on any atom is 0.264 e. The zero-order chi connectivity index (χ0) is 22.3. The Balaban J connectivity index is 1.82. The molecular formula is C18H12ClN9O2S. The zero-order valence-corrected chi connectivity index (χ0v) is 17.1. The van der Waals surface area contributed by atoms with Crippen LogP contribution < -0.4 is 15.5 Å². The summed E-state index contributed by atoms with van der Waals surface area (Å²) in [6.07, 6.45) is 0. The molecule has 1 aromatic heterocycles. The lowest BCUT2D eigenvalue weighted by Gasteiger charge is -2.10. The van der Waals surface area contributed by atoms with Crippen molar-refractivity contribution in [2.75, 3.05) is 15.5 Å². The summed E-state index contributed by atoms with van der Waals surface area (Å²) >= 11 is 5.90. The highest BCUT2D eigenvalue weighted by molar-refractivity contribution is 7.92. The molecule has 0 bridgehead atoms. The summed E-state index contributed by atoms with van der Waals surface area (Å²) in [5.41, 5.74) is 2.95. The van der Waals surface area contributed by atoms with E-state index >= 15 is 0 Å². The number of hydrazone groups is 1. The summed E-state index contributed by atoms with van der Waals surface area (Å²) in [7, 11) is -4.10. The molecule has 3 rings (SSSR count). The molecule has 0 aliphatic heterocycles. The molecule has 3 N–H and O–H groups in total. The number of halogens is 1. The van der Waals surface area contributed by atoms with E-state index in [2.05, 4.69) is 35.5 Å². The lowest BCUT2D eigenvalue weighted by Crippen LogP contribution is -2.16. The van der Waals surface area contributed by atoms with Crippen LogP contribution in [0.3, 0.4) is 0 Å². The Morgan fingerprint density at radius 2 is 1.61 bits per heavy atom. The first kappa shape index (κ1) is 21.4. The van der Waals surface area contributed by atoms with Gasteiger partial charge in [-0.1, -0.05) is 24.3 Å². The molecule has 0 saturated heterocycles. The van der Waals surface area contributed by atoms with Gasteiger partial charge < -0.3 is 5.32 Å². The van der Waals surface area contributed by atoms with Gasteiger partial charge in [0.1, 0.15) is 12.1 Å². The van der Waals surface area contributed by atoms with E-state index in [0.29, 0.717) is 5.69 Å². The van der Waals surface area contributed by atoms with Gasteiger partial charge in [-0.05, 0) is 41.9 Å². The van der Waals surface area contributed by atoms with Gasteiger partial charge in [0.2, 0.25) is 22.9 Å². The van der Waals surface area contributed by atoms with Crippen molar-refractivity contribution < 1.29 is 8.42 Å². The van der Waals surface area contributed by atoms with E-state index in [1.165, 1.54) is 24.3 Å². The minimum atomic E-state index is -4.10. The molecule has 0 amide bonds. The largest absolute Gasteiger partial charge is 0.324 e. The third-order valence-corrected chi connectivity index (χ3v) is 5.01. The fraction of sp³-hybridized carbons (Fsp3) is 0. The Labute approximate surface area is 182 Å². The van der Waals surface area contributed by atoms with Crippen molar-refractivity contribution in [1.82, 2.24) is 15.0 Å². The molecule has 11 nitrogen and oxygen atoms in total. The van der Waals surface area contributed by atoms with Crippen LogP contribution in [0.5, 0.6) is 0 Å². The molecule has 154 valence electrons. The standard InChI is InChI=1S/C18H12ClN9O2S/c19-16-23-17(22-12-5-2-1-3-6-12)25-18(24-16)28-31(29,30)15-8-4-7-13(9-15)26-27-14(10-20)11-21/h1-9,26H,(H2,22,23,24,25,28). The molecule has 1 heterocycles. The smallest absolute Gasteiger partial charge is 0.264 e. The molecule has 0 atom stereocenters. The van der Waals surface area contributed by atoms with Gasteiger partial charge in [-0.25, -0.2) is 13.1 Å². The molecule has 31 heavy (non-hydrogen) atoms. The van der Waals surface area contributed by atoms with Gasteiger partial charge in [0.15, 0.2) is 0 Å². The van der Waals surface area contributed by atoms with E-state index in [1.807, 2.05) is 6.07 Å². The number of aromatic nitrogens is 3. The summed E-state index contributed by atoms with van der Waals surface area (Å²) in [6, 6.07) is 17.7. The highest BCUT2D eigenvalue weighted by atomic mass is 35.5. The maximum atomic E-state index is 12.7. The summed E-state index contributed by atoms with van der Waals surface area (Å²) < 4.78 is 27.7. The highest BCUT2D eigenvalue weighted by Gasteiger charge is 2.18. The quantitative estimate of drug-likeness (QED) is 0.359. The lowest BCUT2D eigenvalue weighted by molar-refractivity contribution is 0.601. The van der Waals surface area contributed by atoms with Gasteiger partial charge in [-0.2, -0.15) is 30.6 Å². The van der Waals surface area contributed by atoms with Crippen molar-refractivity contribution in [2.45, 2.75) is 4.90 Å². The van der Waals surface area contributed by atoms with E-state index in [4.69, 9.17) is 22.1 Å². The van der Waals surface area contributed by atoms with Gasteiger partial charge in [-0.15, -0.1) is 0 Å². The van der Waals surface area contributed by atoms with E-state index in [0.717, 1.165) is 0 Å². The predicted octanol–water partition coefficient (Wildman–Crippen LogP) is 2.88. The number of nitriles is 2. The predicted molar refractivity (Wildman–Crippen MR) is 114 cm³/mol. The summed E-state index contributed by atoms with van der Waals surface area (Å²) in [5.74, 6) is -0.236. The van der Waals surface area contributed by atoms with Crippen molar-refractivity contribution in [3.8, 4) is 12.1 Å². The second-order valence-electron chi connectivity index (χ2n) is 5.67. The Kier molecular flexibility index (Phi) is 6.57. The van der Waals surface area contributed by atoms with Crippen molar-refractivity contribution in [2.24, 2.45) is 5.10 Å². The van der Waals surface area contributed by atoms with E-state index < -0.39 is 15.7 Å². The van der Waals surface area contributed by atoms with Gasteiger partial charge >= 0.3 is 0 Å². The number of benzene rings is 2. The Morgan fingerprint density at radius 1 is 0.935 bits per heavy atom. The van der Waals surface area contributed by atoms with Crippen LogP contribution in [-0.2, 0) is 10.0 Å². The monoisotopic (exact) mass is 453 g/mol. The molecule has 0 aliphatic carbocycles. The topological polar surface area (TPSA) is 169 Å². The Bertz CT molecular complexity index is 1300. The number of anilines is 4. The maximum absolute atomic E-state index is 12.7. The highest BCUT2D eigenvalue weighted by Crippen LogP contribution is 2.20. The van der Waals surface area contributed by atoms with Crippen LogP contribution in [0.25, 0.3) is 0 Å². The molecule has 13 heteroatoms. The van der Waals surface area contributed by atoms with Crippen molar-refractivity contribution in [1.29, 1.82) is 10.5 Å². The van der Waals surface area contributed by atoms with Crippen LogP contribution in [0.15, 0.2) is 64.6 Å². The van der Waals surface area contributed by atoms with Gasteiger partial charge in [0, 0.05) is 5.69 Å². The van der Waals surface area contributed by atoms with E-state index in [9.17, 15) is 8.42 Å². The first-order chi connectivity index (χ1) is 14.9. The Morgan fingerprint density at radius 3 is 2.32 bits per heavy atom. The summed E-state index contributed by atoms with van der Waals surface area (Å²) in [6.45, 7) is 0. The van der Waals surface area contributed by atoms with Crippen LogP contribution in [-0.4, -0.2) is 29.1 Å². The number of para-hydroxylation sites is 1. The average Bonchev–Trinajstić information content (AvgIpc) is 2.75. The third kappa shape index (κ3) is 5.86. The molecular weight excluding hydrogens is 442 g/mol. The second kappa shape index (κ2) is 9.49. The number of sulfonamides is 1. The van der Waals surface area contributed by atoms with Gasteiger partial charge in [-0.3, -0.25) is 5.43 Å². The SMILES string of the molecule is N#CC(C#N)=NNc1cccc(S(=O)(=O)Nc2nc(Cl)nc(Nc3ccccc3)n2)c1. The van der Waals surface area contributed by atoms with Crippen LogP contribution in [0, 0.1) is 22.7 Å². The fourth-order valence-electron chi connectivity index (χ4n) is 2.21. The normalized spacial score (nSPS) is 10.3. The lowest BCUT2D eigenvalue weighted by atomic mass is 10.3. The molecule has 0 saturated carbocycles. The van der Waals surface area contributed by atoms with Crippen molar-refractivity contribution in [3.63, 3.8) is 0 Å². The second-order valence-corrected chi connectivity index (χ2v) is 7.69. The number of hydrogen-bond donors (Lipinski definition) is 3. The van der Waals surface area contributed by atoms with E-state index in [1.54, 1.807) is 36.4 Å². The first-order valence-electron chi connectivity index (χ1n) is 8.40. The number of nitrogens with one attached hydrogen (secondary N) is 3. The molecule has 2 aromatic carbocycles. The molecule has 0 unspecified atom stereocenters. The van der Waals surface area contributed by atoms with Gasteiger partial charge in [0.05, 0.1) is 10.6 Å². The minimum Gasteiger partial charge on any atom is -0.324 e. The van der Waals surface area contributed by atoms with Crippen molar-refractivity contribution >= 4 is 50.6 Å². The summed E-state index contributed by atoms with van der Waals surface area (Å²) in [4.78, 5) is 11.6. The van der Waals surface area contributed by atoms with Crippen LogP contribution in [0.1, 0.15) is 0 Å². The third-order valence-electron chi connectivity index (χ3n) is 3.52. The van der Waals surface area contributed by atoms with Crippen molar-refractivity contribution in [3.05, 3.63) is 59.9 Å². The molecule has 0 aliphatic rings. The average molecular weight is 454 g/mol. The minimum absolute atomic E-state index is 0.0502. The van der Waals surface area contributed by atoms with Crippen LogP contribution in [0.4, 0.5) is 23.3 Å². The number of rotatable bonds is 7. The molecule has 0 spiro atoms. The first-order valence-corrected chi connectivity index (χ1v) is 10.3. The summed E-state index contributed by atoms with van der Waals surface area (Å²) in [5, 5.41) is 23.7. The molecule has 3 aromatic rings. The van der Waals surface area contributed by atoms with Gasteiger partial charge in [0.25, 0.3) is 10.0 Å². The molecule has 0 radical (unpaired) electrons. The number of hydrogen-bond acceptors (Lipinski definition) is 10. The fourth-order valence-corrected chi connectivity index (χ4v) is 3.36. The van der Waals surface area contributed by atoms with Crippen LogP contribution >= 0.6 is 11.6 Å². The Hall–Kier alpha value is -4.26. The molecule has 0 fully saturated rings. The number of nitrogens with zero attached hydrogens (tertiary/aromatic N) is 6.